The van der Waals surface area contributed by atoms with Gasteiger partial charge in [-0.05, 0) is 54.8 Å². The van der Waals surface area contributed by atoms with Gasteiger partial charge in [-0.25, -0.2) is 4.79 Å². The summed E-state index contributed by atoms with van der Waals surface area (Å²) in [5.74, 6) is -0.0620. The molecule has 0 aliphatic rings. The minimum absolute atomic E-state index is 0.240. The molecule has 0 fully saturated rings. The lowest BCUT2D eigenvalue weighted by Gasteiger charge is -2.12. The zero-order chi connectivity index (χ0) is 29.1. The van der Waals surface area contributed by atoms with E-state index in [1.165, 1.54) is 49.8 Å². The molecule has 0 aliphatic heterocycles. The van der Waals surface area contributed by atoms with Gasteiger partial charge in [0.05, 0.1) is 25.5 Å². The van der Waals surface area contributed by atoms with Gasteiger partial charge in [0, 0.05) is 31.1 Å². The van der Waals surface area contributed by atoms with Crippen LogP contribution in [0.4, 0.5) is 18.0 Å². The van der Waals surface area contributed by atoms with Crippen LogP contribution >= 0.6 is 11.3 Å². The van der Waals surface area contributed by atoms with Gasteiger partial charge in [0.15, 0.2) is 4.80 Å². The summed E-state index contributed by atoms with van der Waals surface area (Å²) < 4.78 is 54.0. The fourth-order valence-electron chi connectivity index (χ4n) is 3.70. The third-order valence-corrected chi connectivity index (χ3v) is 6.54. The van der Waals surface area contributed by atoms with Crippen molar-refractivity contribution in [2.75, 3.05) is 27.3 Å². The van der Waals surface area contributed by atoms with E-state index in [4.69, 9.17) is 9.47 Å². The molecule has 216 valence electrons. The first kappa shape index (κ1) is 30.5. The monoisotopic (exact) mass is 580 g/mol. The van der Waals surface area contributed by atoms with Crippen LogP contribution in [0.1, 0.15) is 36.5 Å². The van der Waals surface area contributed by atoms with Crippen LogP contribution in [0.5, 0.6) is 17.2 Å². The van der Waals surface area contributed by atoms with Crippen molar-refractivity contribution in [3.63, 3.8) is 0 Å². The minimum atomic E-state index is -4.80. The number of ether oxygens (including phenoxy) is 3. The first-order valence-corrected chi connectivity index (χ1v) is 13.4. The molecule has 0 saturated carbocycles. The molecule has 0 spiro atoms. The summed E-state index contributed by atoms with van der Waals surface area (Å²) in [6.45, 7) is 3.35. The summed E-state index contributed by atoms with van der Waals surface area (Å²) in [4.78, 5) is 29.8. The lowest BCUT2D eigenvalue weighted by Crippen LogP contribution is -2.37. The minimum Gasteiger partial charge on any atom is -0.497 e. The van der Waals surface area contributed by atoms with Gasteiger partial charge in [-0.15, -0.1) is 24.5 Å². The maximum atomic E-state index is 13.1. The number of thiazole rings is 1. The summed E-state index contributed by atoms with van der Waals surface area (Å²) in [5, 5.41) is 7.34. The number of hydrogen-bond acceptors (Lipinski definition) is 6. The predicted octanol–water partition coefficient (Wildman–Crippen LogP) is 5.36. The highest BCUT2D eigenvalue weighted by molar-refractivity contribution is 7.07. The number of halogens is 3. The molecule has 0 unspecified atom stereocenters. The number of rotatable bonds is 12. The highest BCUT2D eigenvalue weighted by atomic mass is 32.1. The Labute approximate surface area is 233 Å². The second-order valence-electron chi connectivity index (χ2n) is 8.50. The summed E-state index contributed by atoms with van der Waals surface area (Å²) in [7, 11) is 2.94. The molecule has 3 rings (SSSR count). The van der Waals surface area contributed by atoms with Gasteiger partial charge in [-0.2, -0.15) is 4.99 Å². The van der Waals surface area contributed by atoms with Crippen molar-refractivity contribution < 1.29 is 37.0 Å². The van der Waals surface area contributed by atoms with E-state index in [0.717, 1.165) is 12.8 Å². The Kier molecular flexibility index (Phi) is 11.0. The van der Waals surface area contributed by atoms with E-state index in [-0.39, 0.29) is 17.3 Å². The van der Waals surface area contributed by atoms with Gasteiger partial charge in [-0.3, -0.25) is 4.79 Å². The van der Waals surface area contributed by atoms with Crippen molar-refractivity contribution in [1.82, 2.24) is 15.2 Å². The van der Waals surface area contributed by atoms with Crippen molar-refractivity contribution in [3.8, 4) is 28.5 Å². The molecule has 0 aliphatic carbocycles. The molecule has 3 amide bonds. The number of unbranched alkanes of at least 4 members (excludes halogenated alkanes) is 1. The third-order valence-electron chi connectivity index (χ3n) is 5.68. The first-order valence-electron chi connectivity index (χ1n) is 12.5. The van der Waals surface area contributed by atoms with E-state index in [9.17, 15) is 22.8 Å². The lowest BCUT2D eigenvalue weighted by atomic mass is 10.1. The molecule has 1 heterocycles. The summed E-state index contributed by atoms with van der Waals surface area (Å²) >= 11 is 1.21. The number of amides is 3. The van der Waals surface area contributed by atoms with Gasteiger partial charge in [0.25, 0.3) is 5.91 Å². The molecule has 9 nitrogen and oxygen atoms in total. The fraction of sp³-hybridized carbons (Fsp3) is 0.370. The van der Waals surface area contributed by atoms with Gasteiger partial charge in [0.2, 0.25) is 0 Å². The normalized spacial score (nSPS) is 11.7. The van der Waals surface area contributed by atoms with E-state index in [1.54, 1.807) is 28.1 Å². The lowest BCUT2D eigenvalue weighted by molar-refractivity contribution is -0.274. The largest absolute Gasteiger partial charge is 0.573 e. The van der Waals surface area contributed by atoms with Gasteiger partial charge in [-0.1, -0.05) is 13.3 Å². The van der Waals surface area contributed by atoms with Crippen molar-refractivity contribution in [3.05, 3.63) is 58.2 Å². The zero-order valence-corrected chi connectivity index (χ0v) is 23.2. The highest BCUT2D eigenvalue weighted by Crippen LogP contribution is 2.28. The Morgan fingerprint density at radius 2 is 1.65 bits per heavy atom. The van der Waals surface area contributed by atoms with Crippen molar-refractivity contribution in [2.24, 2.45) is 4.99 Å². The number of methoxy groups -OCH3 is 2. The van der Waals surface area contributed by atoms with E-state index in [1.807, 2.05) is 6.92 Å². The van der Waals surface area contributed by atoms with Crippen LogP contribution in [0.25, 0.3) is 11.3 Å². The van der Waals surface area contributed by atoms with Crippen molar-refractivity contribution >= 4 is 23.3 Å². The van der Waals surface area contributed by atoms with Crippen LogP contribution in [0.2, 0.25) is 0 Å². The molecule has 2 N–H and O–H groups in total. The number of hydrogen-bond donors (Lipinski definition) is 2. The predicted molar refractivity (Wildman–Crippen MR) is 145 cm³/mol. The Balaban J connectivity index is 1.88. The molecule has 40 heavy (non-hydrogen) atoms. The van der Waals surface area contributed by atoms with Crippen LogP contribution in [-0.4, -0.2) is 50.2 Å². The molecule has 1 aromatic heterocycles. The van der Waals surface area contributed by atoms with E-state index in [2.05, 4.69) is 20.4 Å². The maximum Gasteiger partial charge on any atom is 0.573 e. The van der Waals surface area contributed by atoms with Crippen LogP contribution < -0.4 is 29.6 Å². The van der Waals surface area contributed by atoms with Crippen LogP contribution in [0.3, 0.4) is 0 Å². The van der Waals surface area contributed by atoms with Gasteiger partial charge >= 0.3 is 12.4 Å². The van der Waals surface area contributed by atoms with Gasteiger partial charge < -0.3 is 29.4 Å². The number of aromatic nitrogens is 1. The summed E-state index contributed by atoms with van der Waals surface area (Å²) in [5.41, 5.74) is 1.49. The summed E-state index contributed by atoms with van der Waals surface area (Å²) in [6, 6.07) is 9.93. The topological polar surface area (TPSA) is 103 Å². The maximum absolute atomic E-state index is 13.1. The Hall–Kier alpha value is -4.00. The SMILES string of the molecule is CCCCNC(=O)NCCCn1c(-c2ccc(OC(F)(F)F)cc2)cs/c1=N\C(=O)c1ccc(OC)cc1OC. The van der Waals surface area contributed by atoms with Crippen LogP contribution in [-0.2, 0) is 6.54 Å². The quantitative estimate of drug-likeness (QED) is 0.281. The molecular weight excluding hydrogens is 549 g/mol. The number of carbonyl (C=O) groups excluding carboxylic acids is 2. The third kappa shape index (κ3) is 8.76. The molecule has 0 bridgehead atoms. The van der Waals surface area contributed by atoms with E-state index < -0.39 is 12.3 Å². The highest BCUT2D eigenvalue weighted by Gasteiger charge is 2.31. The Morgan fingerprint density at radius 3 is 2.27 bits per heavy atom. The van der Waals surface area contributed by atoms with E-state index in [0.29, 0.717) is 53.6 Å². The fourth-order valence-corrected chi connectivity index (χ4v) is 4.63. The van der Waals surface area contributed by atoms with Crippen molar-refractivity contribution in [1.29, 1.82) is 0 Å². The number of carbonyl (C=O) groups is 2. The number of nitrogens with zero attached hydrogens (tertiary/aromatic N) is 2. The molecular formula is C27H31F3N4O5S. The number of alkyl halides is 3. The first-order chi connectivity index (χ1) is 19.1. The Bertz CT molecular complexity index is 1350. The standard InChI is InChI=1S/C27H31F3N4O5S/c1-4-5-13-31-25(36)32-14-6-15-34-22(18-7-9-19(10-8-18)39-27(28,29)30)17-40-26(34)33-24(35)21-12-11-20(37-2)16-23(21)38-3/h7-12,16-17H,4-6,13-15H2,1-3H3,(H2,31,32,36)/b33-26-. The molecule has 13 heteroatoms. The average Bonchev–Trinajstić information content (AvgIpc) is 3.32. The average molecular weight is 581 g/mol. The number of benzene rings is 2. The summed E-state index contributed by atoms with van der Waals surface area (Å²) in [6.07, 6.45) is -2.44. The molecule has 3 aromatic rings. The Morgan fingerprint density at radius 1 is 0.975 bits per heavy atom. The van der Waals surface area contributed by atoms with Crippen molar-refractivity contribution in [2.45, 2.75) is 39.1 Å². The molecule has 0 radical (unpaired) electrons. The molecule has 0 atom stereocenters. The number of urea groups is 1. The smallest absolute Gasteiger partial charge is 0.497 e. The number of nitrogens with one attached hydrogen (secondary N) is 2. The van der Waals surface area contributed by atoms with Crippen LogP contribution in [0.15, 0.2) is 52.8 Å². The van der Waals surface area contributed by atoms with Gasteiger partial charge in [0.1, 0.15) is 17.2 Å². The van der Waals surface area contributed by atoms with E-state index >= 15 is 0 Å². The second kappa shape index (κ2) is 14.4. The van der Waals surface area contributed by atoms with Crippen LogP contribution in [0, 0.1) is 0 Å². The molecule has 0 saturated heterocycles. The second-order valence-corrected chi connectivity index (χ2v) is 9.34. The zero-order valence-electron chi connectivity index (χ0n) is 22.3. The molecule has 2 aromatic carbocycles.